The molecule has 0 aliphatic heterocycles. The van der Waals surface area contributed by atoms with E-state index in [4.69, 9.17) is 0 Å². The highest BCUT2D eigenvalue weighted by atomic mass is 16.1. The van der Waals surface area contributed by atoms with Crippen LogP contribution in [0.1, 0.15) is 18.1 Å². The SMILES string of the molecule is CCc1cccc(NC(=O)Cc2ccc3ccccc3c2)c1. The van der Waals surface area contributed by atoms with Gasteiger partial charge in [0.25, 0.3) is 0 Å². The highest BCUT2D eigenvalue weighted by Crippen LogP contribution is 2.17. The summed E-state index contributed by atoms with van der Waals surface area (Å²) in [6.07, 6.45) is 1.36. The van der Waals surface area contributed by atoms with E-state index in [-0.39, 0.29) is 5.91 Å². The van der Waals surface area contributed by atoms with E-state index in [9.17, 15) is 4.79 Å². The number of anilines is 1. The van der Waals surface area contributed by atoms with Crippen LogP contribution in [0.25, 0.3) is 10.8 Å². The van der Waals surface area contributed by atoms with Gasteiger partial charge in [0.05, 0.1) is 6.42 Å². The first kappa shape index (κ1) is 14.3. The Balaban J connectivity index is 1.72. The summed E-state index contributed by atoms with van der Waals surface area (Å²) in [5, 5.41) is 5.34. The third kappa shape index (κ3) is 3.34. The van der Waals surface area contributed by atoms with Gasteiger partial charge in [0, 0.05) is 5.69 Å². The molecule has 110 valence electrons. The van der Waals surface area contributed by atoms with Crippen LogP contribution < -0.4 is 5.32 Å². The molecule has 0 radical (unpaired) electrons. The number of rotatable bonds is 4. The number of fused-ring (bicyclic) bond motifs is 1. The molecule has 0 heterocycles. The molecule has 0 aliphatic carbocycles. The lowest BCUT2D eigenvalue weighted by Gasteiger charge is -2.07. The van der Waals surface area contributed by atoms with Crippen LogP contribution in [0.3, 0.4) is 0 Å². The average molecular weight is 289 g/mol. The molecule has 0 fully saturated rings. The van der Waals surface area contributed by atoms with Crippen LogP contribution in [0.4, 0.5) is 5.69 Å². The minimum Gasteiger partial charge on any atom is -0.326 e. The van der Waals surface area contributed by atoms with E-state index < -0.39 is 0 Å². The Morgan fingerprint density at radius 3 is 2.50 bits per heavy atom. The van der Waals surface area contributed by atoms with Gasteiger partial charge in [0.15, 0.2) is 0 Å². The second-order valence-corrected chi connectivity index (χ2v) is 5.46. The number of hydrogen-bond acceptors (Lipinski definition) is 1. The van der Waals surface area contributed by atoms with Gasteiger partial charge in [-0.25, -0.2) is 0 Å². The summed E-state index contributed by atoms with van der Waals surface area (Å²) >= 11 is 0. The van der Waals surface area contributed by atoms with Crippen molar-refractivity contribution in [1.82, 2.24) is 0 Å². The molecule has 0 aromatic heterocycles. The fraction of sp³-hybridized carbons (Fsp3) is 0.150. The Kier molecular flexibility index (Phi) is 4.19. The fourth-order valence-electron chi connectivity index (χ4n) is 2.61. The van der Waals surface area contributed by atoms with Crippen molar-refractivity contribution in [1.29, 1.82) is 0 Å². The summed E-state index contributed by atoms with van der Waals surface area (Å²) in [6.45, 7) is 2.11. The second-order valence-electron chi connectivity index (χ2n) is 5.46. The van der Waals surface area contributed by atoms with Crippen LogP contribution in [0, 0.1) is 0 Å². The lowest BCUT2D eigenvalue weighted by atomic mass is 10.0. The highest BCUT2D eigenvalue weighted by molar-refractivity contribution is 5.93. The summed E-state index contributed by atoms with van der Waals surface area (Å²) in [4.78, 5) is 12.2. The van der Waals surface area contributed by atoms with Crippen molar-refractivity contribution in [3.63, 3.8) is 0 Å². The maximum Gasteiger partial charge on any atom is 0.228 e. The molecule has 3 aromatic rings. The first-order valence-corrected chi connectivity index (χ1v) is 7.61. The quantitative estimate of drug-likeness (QED) is 0.748. The number of nitrogens with one attached hydrogen (secondary N) is 1. The maximum atomic E-state index is 12.2. The third-order valence-corrected chi connectivity index (χ3v) is 3.80. The third-order valence-electron chi connectivity index (χ3n) is 3.80. The molecule has 1 amide bonds. The molecule has 3 aromatic carbocycles. The number of benzene rings is 3. The predicted molar refractivity (Wildman–Crippen MR) is 92.1 cm³/mol. The number of aryl methyl sites for hydroxylation is 1. The molecule has 3 rings (SSSR count). The summed E-state index contributed by atoms with van der Waals surface area (Å²) < 4.78 is 0. The van der Waals surface area contributed by atoms with Crippen molar-refractivity contribution in [2.45, 2.75) is 19.8 Å². The molecule has 0 bridgehead atoms. The molecule has 2 heteroatoms. The Morgan fingerprint density at radius 1 is 0.864 bits per heavy atom. The van der Waals surface area contributed by atoms with E-state index in [0.717, 1.165) is 17.7 Å². The van der Waals surface area contributed by atoms with Crippen LogP contribution in [-0.4, -0.2) is 5.91 Å². The smallest absolute Gasteiger partial charge is 0.228 e. The van der Waals surface area contributed by atoms with E-state index >= 15 is 0 Å². The number of hydrogen-bond donors (Lipinski definition) is 1. The molecule has 1 N–H and O–H groups in total. The average Bonchev–Trinajstić information content (AvgIpc) is 2.55. The minimum atomic E-state index is 0.0172. The van der Waals surface area contributed by atoms with E-state index in [1.807, 2.05) is 36.4 Å². The van der Waals surface area contributed by atoms with Crippen molar-refractivity contribution in [2.75, 3.05) is 5.32 Å². The van der Waals surface area contributed by atoms with Gasteiger partial charge in [-0.1, -0.05) is 61.5 Å². The zero-order chi connectivity index (χ0) is 15.4. The van der Waals surface area contributed by atoms with Crippen molar-refractivity contribution in [3.8, 4) is 0 Å². The normalized spacial score (nSPS) is 10.6. The van der Waals surface area contributed by atoms with Gasteiger partial charge in [-0.05, 0) is 40.5 Å². The van der Waals surface area contributed by atoms with Gasteiger partial charge >= 0.3 is 0 Å². The molecule has 0 unspecified atom stereocenters. The zero-order valence-corrected chi connectivity index (χ0v) is 12.7. The highest BCUT2D eigenvalue weighted by Gasteiger charge is 2.05. The van der Waals surface area contributed by atoms with Gasteiger partial charge in [0.2, 0.25) is 5.91 Å². The summed E-state index contributed by atoms with van der Waals surface area (Å²) in [7, 11) is 0. The van der Waals surface area contributed by atoms with Crippen LogP contribution in [-0.2, 0) is 17.6 Å². The Hall–Kier alpha value is -2.61. The number of carbonyl (C=O) groups excluding carboxylic acids is 1. The van der Waals surface area contributed by atoms with Crippen molar-refractivity contribution in [2.24, 2.45) is 0 Å². The molecule has 0 atom stereocenters. The summed E-state index contributed by atoms with van der Waals surface area (Å²) in [5.74, 6) is 0.0172. The van der Waals surface area contributed by atoms with Crippen molar-refractivity contribution >= 4 is 22.4 Å². The van der Waals surface area contributed by atoms with E-state index in [1.165, 1.54) is 16.3 Å². The molecule has 22 heavy (non-hydrogen) atoms. The molecule has 0 aliphatic rings. The molecule has 0 spiro atoms. The summed E-state index contributed by atoms with van der Waals surface area (Å²) in [5.41, 5.74) is 3.12. The molecule has 0 saturated carbocycles. The fourth-order valence-corrected chi connectivity index (χ4v) is 2.61. The second kappa shape index (κ2) is 6.44. The zero-order valence-electron chi connectivity index (χ0n) is 12.7. The van der Waals surface area contributed by atoms with E-state index in [0.29, 0.717) is 6.42 Å². The van der Waals surface area contributed by atoms with E-state index in [1.54, 1.807) is 0 Å². The molecular weight excluding hydrogens is 270 g/mol. The van der Waals surface area contributed by atoms with Crippen LogP contribution in [0.5, 0.6) is 0 Å². The largest absolute Gasteiger partial charge is 0.326 e. The summed E-state index contributed by atoms with van der Waals surface area (Å²) in [6, 6.07) is 22.4. The van der Waals surface area contributed by atoms with Crippen LogP contribution in [0.2, 0.25) is 0 Å². The minimum absolute atomic E-state index is 0.0172. The monoisotopic (exact) mass is 289 g/mol. The van der Waals surface area contributed by atoms with Crippen LogP contribution in [0.15, 0.2) is 66.7 Å². The Labute approximate surface area is 130 Å². The van der Waals surface area contributed by atoms with Gasteiger partial charge in [-0.15, -0.1) is 0 Å². The van der Waals surface area contributed by atoms with Gasteiger partial charge in [-0.3, -0.25) is 4.79 Å². The van der Waals surface area contributed by atoms with Gasteiger partial charge < -0.3 is 5.32 Å². The standard InChI is InChI=1S/C20H19NO/c1-2-15-6-5-9-19(13-15)21-20(22)14-16-10-11-17-7-3-4-8-18(17)12-16/h3-13H,2,14H2,1H3,(H,21,22). The maximum absolute atomic E-state index is 12.2. The molecule has 2 nitrogen and oxygen atoms in total. The van der Waals surface area contributed by atoms with Gasteiger partial charge in [0.1, 0.15) is 0 Å². The number of carbonyl (C=O) groups is 1. The molecular formula is C20H19NO. The van der Waals surface area contributed by atoms with Crippen LogP contribution >= 0.6 is 0 Å². The first-order valence-electron chi connectivity index (χ1n) is 7.61. The van der Waals surface area contributed by atoms with E-state index in [2.05, 4.69) is 42.6 Å². The Morgan fingerprint density at radius 2 is 1.68 bits per heavy atom. The lowest BCUT2D eigenvalue weighted by molar-refractivity contribution is -0.115. The predicted octanol–water partition coefficient (Wildman–Crippen LogP) is 4.58. The lowest BCUT2D eigenvalue weighted by Crippen LogP contribution is -2.14. The van der Waals surface area contributed by atoms with Gasteiger partial charge in [-0.2, -0.15) is 0 Å². The van der Waals surface area contributed by atoms with Crippen molar-refractivity contribution in [3.05, 3.63) is 77.9 Å². The topological polar surface area (TPSA) is 29.1 Å². The van der Waals surface area contributed by atoms with Crippen molar-refractivity contribution < 1.29 is 4.79 Å². The Bertz CT molecular complexity index is 807. The number of amides is 1. The molecule has 0 saturated heterocycles. The first-order chi connectivity index (χ1) is 10.7.